The van der Waals surface area contributed by atoms with Gasteiger partial charge >= 0.3 is 0 Å². The molecule has 0 spiro atoms. The van der Waals surface area contributed by atoms with Gasteiger partial charge in [-0.1, -0.05) is 6.07 Å². The van der Waals surface area contributed by atoms with Crippen molar-refractivity contribution in [2.45, 2.75) is 19.0 Å². The maximum atomic E-state index is 12.3. The fraction of sp³-hybridized carbons (Fsp3) is 0.500. The van der Waals surface area contributed by atoms with Crippen molar-refractivity contribution in [3.05, 3.63) is 24.3 Å². The van der Waals surface area contributed by atoms with Gasteiger partial charge in [0.25, 0.3) is 0 Å². The first-order valence-electron chi connectivity index (χ1n) is 6.46. The Labute approximate surface area is 113 Å². The van der Waals surface area contributed by atoms with E-state index in [1.54, 1.807) is 12.0 Å². The molecule has 0 bridgehead atoms. The number of methoxy groups -OCH3 is 1. The smallest absolute Gasteiger partial charge is 0.246 e. The van der Waals surface area contributed by atoms with Crippen molar-refractivity contribution >= 4 is 11.6 Å². The van der Waals surface area contributed by atoms with E-state index in [4.69, 9.17) is 10.5 Å². The van der Waals surface area contributed by atoms with E-state index < -0.39 is 0 Å². The Morgan fingerprint density at radius 2 is 2.21 bits per heavy atom. The summed E-state index contributed by atoms with van der Waals surface area (Å²) in [6, 6.07) is 7.61. The third kappa shape index (κ3) is 2.51. The zero-order valence-corrected chi connectivity index (χ0v) is 11.7. The van der Waals surface area contributed by atoms with Crippen LogP contribution in [0.4, 0.5) is 5.69 Å². The van der Waals surface area contributed by atoms with Crippen LogP contribution < -0.4 is 15.4 Å². The molecular formula is C14H21N3O2. The second-order valence-electron chi connectivity index (χ2n) is 4.90. The summed E-state index contributed by atoms with van der Waals surface area (Å²) in [4.78, 5) is 16.1. The first-order valence-corrected chi connectivity index (χ1v) is 6.46. The van der Waals surface area contributed by atoms with Gasteiger partial charge in [0.05, 0.1) is 7.11 Å². The molecule has 1 aliphatic heterocycles. The van der Waals surface area contributed by atoms with Gasteiger partial charge in [-0.3, -0.25) is 4.79 Å². The number of nitrogens with zero attached hydrogens (tertiary/aromatic N) is 2. The van der Waals surface area contributed by atoms with Gasteiger partial charge in [0.1, 0.15) is 11.8 Å². The summed E-state index contributed by atoms with van der Waals surface area (Å²) >= 11 is 0. The molecule has 1 saturated heterocycles. The normalized spacial score (nSPS) is 23.7. The Morgan fingerprint density at radius 3 is 2.84 bits per heavy atom. The largest absolute Gasteiger partial charge is 0.497 e. The second kappa shape index (κ2) is 5.48. The van der Waals surface area contributed by atoms with Gasteiger partial charge in [-0.25, -0.2) is 0 Å². The molecular weight excluding hydrogens is 242 g/mol. The van der Waals surface area contributed by atoms with Gasteiger partial charge in [-0.05, 0) is 19.1 Å². The number of likely N-dealkylation sites (N-methyl/N-ethyl adjacent to an activating group) is 1. The molecule has 0 saturated carbocycles. The number of piperazine rings is 1. The summed E-state index contributed by atoms with van der Waals surface area (Å²) < 4.78 is 5.24. The number of rotatable bonds is 3. The Bertz CT molecular complexity index is 464. The minimum absolute atomic E-state index is 0.0732. The number of hydrogen-bond donors (Lipinski definition) is 1. The van der Waals surface area contributed by atoms with Gasteiger partial charge in [0, 0.05) is 37.9 Å². The molecule has 1 heterocycles. The summed E-state index contributed by atoms with van der Waals surface area (Å²) in [5.41, 5.74) is 6.75. The number of carbonyl (C=O) groups is 1. The van der Waals surface area contributed by atoms with Gasteiger partial charge in [-0.15, -0.1) is 0 Å². The van der Waals surface area contributed by atoms with E-state index in [1.165, 1.54) is 0 Å². The van der Waals surface area contributed by atoms with Crippen LogP contribution in [0.15, 0.2) is 24.3 Å². The minimum Gasteiger partial charge on any atom is -0.497 e. The lowest BCUT2D eigenvalue weighted by molar-refractivity contribution is -0.134. The molecule has 1 fully saturated rings. The zero-order chi connectivity index (χ0) is 14.0. The van der Waals surface area contributed by atoms with Gasteiger partial charge in [0.2, 0.25) is 5.91 Å². The van der Waals surface area contributed by atoms with E-state index in [1.807, 2.05) is 38.2 Å². The monoisotopic (exact) mass is 263 g/mol. The Kier molecular flexibility index (Phi) is 3.95. The Hall–Kier alpha value is -1.75. The highest BCUT2D eigenvalue weighted by Gasteiger charge is 2.35. The summed E-state index contributed by atoms with van der Waals surface area (Å²) in [5.74, 6) is 0.858. The highest BCUT2D eigenvalue weighted by atomic mass is 16.5. The molecule has 0 radical (unpaired) electrons. The van der Waals surface area contributed by atoms with Crippen LogP contribution in [0.25, 0.3) is 0 Å². The zero-order valence-electron chi connectivity index (χ0n) is 11.7. The van der Waals surface area contributed by atoms with Crippen LogP contribution in [0.3, 0.4) is 0 Å². The average Bonchev–Trinajstić information content (AvgIpc) is 2.44. The molecule has 1 amide bonds. The molecule has 5 heteroatoms. The molecule has 1 aromatic carbocycles. The number of ether oxygens (including phenoxy) is 1. The SMILES string of the molecule is COc1cccc(N2CC(C)N(C)C(=O)C2CN)c1. The van der Waals surface area contributed by atoms with Crippen molar-refractivity contribution in [1.29, 1.82) is 0 Å². The molecule has 5 nitrogen and oxygen atoms in total. The van der Waals surface area contributed by atoms with Gasteiger partial charge in [0.15, 0.2) is 0 Å². The van der Waals surface area contributed by atoms with Crippen molar-refractivity contribution in [3.63, 3.8) is 0 Å². The topological polar surface area (TPSA) is 58.8 Å². The standard InChI is InChI=1S/C14H21N3O2/c1-10-9-17(13(8-15)14(18)16(10)2)11-5-4-6-12(7-11)19-3/h4-7,10,13H,8-9,15H2,1-3H3. The molecule has 2 unspecified atom stereocenters. The van der Waals surface area contributed by atoms with Crippen LogP contribution in [0, 0.1) is 0 Å². The number of carbonyl (C=O) groups excluding carboxylic acids is 1. The Morgan fingerprint density at radius 1 is 1.47 bits per heavy atom. The van der Waals surface area contributed by atoms with E-state index in [-0.39, 0.29) is 18.0 Å². The molecule has 2 N–H and O–H groups in total. The van der Waals surface area contributed by atoms with Gasteiger partial charge in [-0.2, -0.15) is 0 Å². The van der Waals surface area contributed by atoms with Crippen molar-refractivity contribution in [1.82, 2.24) is 4.90 Å². The third-order valence-corrected chi connectivity index (χ3v) is 3.74. The molecule has 1 aliphatic rings. The van der Waals surface area contributed by atoms with Crippen LogP contribution in [-0.4, -0.2) is 50.1 Å². The highest BCUT2D eigenvalue weighted by molar-refractivity contribution is 5.87. The quantitative estimate of drug-likeness (QED) is 0.871. The van der Waals surface area contributed by atoms with Crippen molar-refractivity contribution in [3.8, 4) is 5.75 Å². The molecule has 1 aromatic rings. The van der Waals surface area contributed by atoms with Crippen molar-refractivity contribution < 1.29 is 9.53 Å². The summed E-state index contributed by atoms with van der Waals surface area (Å²) in [5, 5.41) is 0. The summed E-state index contributed by atoms with van der Waals surface area (Å²) in [6.45, 7) is 3.13. The van der Waals surface area contributed by atoms with E-state index in [9.17, 15) is 4.79 Å². The van der Waals surface area contributed by atoms with Crippen LogP contribution >= 0.6 is 0 Å². The van der Waals surface area contributed by atoms with E-state index in [2.05, 4.69) is 4.90 Å². The lowest BCUT2D eigenvalue weighted by Gasteiger charge is -2.44. The molecule has 0 aromatic heterocycles. The molecule has 2 rings (SSSR count). The van der Waals surface area contributed by atoms with E-state index in [0.717, 1.165) is 18.0 Å². The number of hydrogen-bond acceptors (Lipinski definition) is 4. The molecule has 19 heavy (non-hydrogen) atoms. The first kappa shape index (κ1) is 13.7. The first-order chi connectivity index (χ1) is 9.08. The second-order valence-corrected chi connectivity index (χ2v) is 4.90. The van der Waals surface area contributed by atoms with Crippen LogP contribution in [0.5, 0.6) is 5.75 Å². The number of benzene rings is 1. The van der Waals surface area contributed by atoms with Crippen LogP contribution in [-0.2, 0) is 4.79 Å². The Balaban J connectivity index is 2.32. The number of nitrogens with two attached hydrogens (primary N) is 1. The van der Waals surface area contributed by atoms with Crippen molar-refractivity contribution in [2.24, 2.45) is 5.73 Å². The van der Waals surface area contributed by atoms with Crippen LogP contribution in [0.2, 0.25) is 0 Å². The summed E-state index contributed by atoms with van der Waals surface area (Å²) in [6.07, 6.45) is 0. The van der Waals surface area contributed by atoms with Crippen molar-refractivity contribution in [2.75, 3.05) is 32.1 Å². The van der Waals surface area contributed by atoms with E-state index >= 15 is 0 Å². The molecule has 104 valence electrons. The predicted molar refractivity (Wildman–Crippen MR) is 75.4 cm³/mol. The molecule has 2 atom stereocenters. The fourth-order valence-corrected chi connectivity index (χ4v) is 2.42. The van der Waals surface area contributed by atoms with E-state index in [0.29, 0.717) is 6.54 Å². The maximum Gasteiger partial charge on any atom is 0.246 e. The number of amides is 1. The fourth-order valence-electron chi connectivity index (χ4n) is 2.42. The minimum atomic E-state index is -0.298. The lowest BCUT2D eigenvalue weighted by Crippen LogP contribution is -2.62. The van der Waals surface area contributed by atoms with Crippen LogP contribution in [0.1, 0.15) is 6.92 Å². The maximum absolute atomic E-state index is 12.3. The number of anilines is 1. The lowest BCUT2D eigenvalue weighted by atomic mass is 10.1. The summed E-state index contributed by atoms with van der Waals surface area (Å²) in [7, 11) is 3.47. The average molecular weight is 263 g/mol. The predicted octanol–water partition coefficient (Wildman–Crippen LogP) is 0.689. The molecule has 0 aliphatic carbocycles. The highest BCUT2D eigenvalue weighted by Crippen LogP contribution is 2.26. The van der Waals surface area contributed by atoms with Gasteiger partial charge < -0.3 is 20.3 Å². The third-order valence-electron chi connectivity index (χ3n) is 3.74.